The van der Waals surface area contributed by atoms with Crippen molar-refractivity contribution in [1.82, 2.24) is 4.90 Å². The molecule has 3 atom stereocenters. The zero-order valence-electron chi connectivity index (χ0n) is 10.7. The van der Waals surface area contributed by atoms with E-state index in [4.69, 9.17) is 10.5 Å². The standard InChI is InChI=1S/C13H24N2O2/c1-15-10-3-4-11(15)8-13(16,7-10)12(14)5-2-6-17-9-12/h10-11,16H,2-9,14H2,1H3. The van der Waals surface area contributed by atoms with E-state index in [1.54, 1.807) is 0 Å². The van der Waals surface area contributed by atoms with Crippen LogP contribution in [0.2, 0.25) is 0 Å². The zero-order valence-corrected chi connectivity index (χ0v) is 10.7. The maximum Gasteiger partial charge on any atom is 0.0878 e. The van der Waals surface area contributed by atoms with Crippen molar-refractivity contribution < 1.29 is 9.84 Å². The number of ether oxygens (including phenoxy) is 1. The minimum absolute atomic E-state index is 0.515. The lowest BCUT2D eigenvalue weighted by atomic mass is 9.69. The Labute approximate surface area is 103 Å². The van der Waals surface area contributed by atoms with Gasteiger partial charge in [-0.1, -0.05) is 0 Å². The molecule has 0 saturated carbocycles. The van der Waals surface area contributed by atoms with Gasteiger partial charge < -0.3 is 20.5 Å². The van der Waals surface area contributed by atoms with Crippen LogP contribution in [0.5, 0.6) is 0 Å². The molecule has 3 N–H and O–H groups in total. The molecule has 3 saturated heterocycles. The van der Waals surface area contributed by atoms with Crippen LogP contribution in [0, 0.1) is 0 Å². The second-order valence-corrected chi connectivity index (χ2v) is 6.30. The summed E-state index contributed by atoms with van der Waals surface area (Å²) in [7, 11) is 2.18. The molecule has 3 fully saturated rings. The summed E-state index contributed by atoms with van der Waals surface area (Å²) in [6, 6.07) is 1.03. The van der Waals surface area contributed by atoms with E-state index in [1.165, 1.54) is 12.8 Å². The number of aliphatic hydroxyl groups is 1. The number of piperidine rings is 1. The highest BCUT2D eigenvalue weighted by molar-refractivity contribution is 5.12. The average Bonchev–Trinajstić information content (AvgIpc) is 2.53. The van der Waals surface area contributed by atoms with Crippen molar-refractivity contribution >= 4 is 0 Å². The van der Waals surface area contributed by atoms with E-state index < -0.39 is 11.1 Å². The van der Waals surface area contributed by atoms with Gasteiger partial charge in [-0.25, -0.2) is 0 Å². The molecule has 4 heteroatoms. The first-order valence-corrected chi connectivity index (χ1v) is 6.85. The van der Waals surface area contributed by atoms with Crippen LogP contribution in [0.25, 0.3) is 0 Å². The molecule has 2 bridgehead atoms. The highest BCUT2D eigenvalue weighted by Gasteiger charge is 2.55. The number of hydrogen-bond donors (Lipinski definition) is 2. The van der Waals surface area contributed by atoms with Gasteiger partial charge in [-0.05, 0) is 45.6 Å². The van der Waals surface area contributed by atoms with Crippen LogP contribution in [0.1, 0.15) is 38.5 Å². The molecule has 3 rings (SSSR count). The summed E-state index contributed by atoms with van der Waals surface area (Å²) in [6.45, 7) is 1.31. The maximum atomic E-state index is 11.0. The highest BCUT2D eigenvalue weighted by Crippen LogP contribution is 2.45. The Bertz CT molecular complexity index is 288. The van der Waals surface area contributed by atoms with Crippen molar-refractivity contribution in [2.24, 2.45) is 5.73 Å². The Hall–Kier alpha value is -0.160. The predicted molar refractivity (Wildman–Crippen MR) is 65.7 cm³/mol. The van der Waals surface area contributed by atoms with E-state index in [1.807, 2.05) is 0 Å². The van der Waals surface area contributed by atoms with Crippen molar-refractivity contribution in [1.29, 1.82) is 0 Å². The Morgan fingerprint density at radius 2 is 1.94 bits per heavy atom. The fourth-order valence-electron chi connectivity index (χ4n) is 4.03. The normalized spacial score (nSPS) is 51.7. The van der Waals surface area contributed by atoms with E-state index in [0.29, 0.717) is 18.7 Å². The van der Waals surface area contributed by atoms with Gasteiger partial charge in [0.15, 0.2) is 0 Å². The van der Waals surface area contributed by atoms with Gasteiger partial charge in [0.1, 0.15) is 0 Å². The van der Waals surface area contributed by atoms with Gasteiger partial charge >= 0.3 is 0 Å². The first-order chi connectivity index (χ1) is 8.04. The number of hydrogen-bond acceptors (Lipinski definition) is 4. The Balaban J connectivity index is 1.82. The molecule has 98 valence electrons. The molecule has 3 unspecified atom stereocenters. The van der Waals surface area contributed by atoms with Crippen LogP contribution < -0.4 is 5.73 Å². The van der Waals surface area contributed by atoms with Crippen molar-refractivity contribution in [3.8, 4) is 0 Å². The fourth-order valence-corrected chi connectivity index (χ4v) is 4.03. The minimum Gasteiger partial charge on any atom is -0.388 e. The van der Waals surface area contributed by atoms with E-state index in [2.05, 4.69) is 11.9 Å². The summed E-state index contributed by atoms with van der Waals surface area (Å²) in [5.41, 5.74) is 5.24. The Kier molecular flexibility index (Phi) is 2.74. The zero-order chi connectivity index (χ0) is 12.1. The molecule has 0 aliphatic carbocycles. The summed E-state index contributed by atoms with van der Waals surface area (Å²) in [6.07, 6.45) is 5.93. The van der Waals surface area contributed by atoms with Crippen LogP contribution in [-0.4, -0.2) is 53.5 Å². The first-order valence-electron chi connectivity index (χ1n) is 6.85. The van der Waals surface area contributed by atoms with Crippen molar-refractivity contribution in [2.45, 2.75) is 61.7 Å². The lowest BCUT2D eigenvalue weighted by Gasteiger charge is -2.52. The van der Waals surface area contributed by atoms with Gasteiger partial charge in [-0.15, -0.1) is 0 Å². The maximum absolute atomic E-state index is 11.0. The molecule has 4 nitrogen and oxygen atoms in total. The molecular weight excluding hydrogens is 216 g/mol. The monoisotopic (exact) mass is 240 g/mol. The molecule has 0 spiro atoms. The molecule has 0 radical (unpaired) electrons. The molecular formula is C13H24N2O2. The predicted octanol–water partition coefficient (Wildman–Crippen LogP) is 0.482. The molecule has 3 heterocycles. The molecule has 3 aliphatic rings. The number of rotatable bonds is 1. The summed E-state index contributed by atoms with van der Waals surface area (Å²) < 4.78 is 5.52. The molecule has 0 aromatic rings. The molecule has 0 aromatic carbocycles. The Morgan fingerprint density at radius 1 is 1.29 bits per heavy atom. The second kappa shape index (κ2) is 3.92. The lowest BCUT2D eigenvalue weighted by Crippen LogP contribution is -2.69. The summed E-state index contributed by atoms with van der Waals surface area (Å²) >= 11 is 0. The lowest BCUT2D eigenvalue weighted by molar-refractivity contribution is -0.136. The number of nitrogens with zero attached hydrogens (tertiary/aromatic N) is 1. The second-order valence-electron chi connectivity index (χ2n) is 6.30. The smallest absolute Gasteiger partial charge is 0.0878 e. The quantitative estimate of drug-likeness (QED) is 0.700. The number of nitrogens with two attached hydrogens (primary N) is 1. The van der Waals surface area contributed by atoms with Crippen molar-refractivity contribution in [3.05, 3.63) is 0 Å². The third kappa shape index (κ3) is 1.73. The summed E-state index contributed by atoms with van der Waals surface area (Å²) in [5.74, 6) is 0. The highest BCUT2D eigenvalue weighted by atomic mass is 16.5. The molecule has 17 heavy (non-hydrogen) atoms. The third-order valence-corrected chi connectivity index (χ3v) is 5.33. The van der Waals surface area contributed by atoms with Crippen LogP contribution in [0.4, 0.5) is 0 Å². The van der Waals surface area contributed by atoms with Crippen LogP contribution >= 0.6 is 0 Å². The van der Waals surface area contributed by atoms with Gasteiger partial charge in [0.25, 0.3) is 0 Å². The minimum atomic E-state index is -0.717. The average molecular weight is 240 g/mol. The third-order valence-electron chi connectivity index (χ3n) is 5.33. The number of fused-ring (bicyclic) bond motifs is 2. The summed E-state index contributed by atoms with van der Waals surface area (Å²) in [5, 5.41) is 11.0. The van der Waals surface area contributed by atoms with E-state index >= 15 is 0 Å². The van der Waals surface area contributed by atoms with Crippen LogP contribution in [0.15, 0.2) is 0 Å². The topological polar surface area (TPSA) is 58.7 Å². The van der Waals surface area contributed by atoms with E-state index in [9.17, 15) is 5.11 Å². The van der Waals surface area contributed by atoms with Crippen LogP contribution in [-0.2, 0) is 4.74 Å². The first kappa shape index (κ1) is 11.9. The largest absolute Gasteiger partial charge is 0.388 e. The van der Waals surface area contributed by atoms with Crippen molar-refractivity contribution in [3.63, 3.8) is 0 Å². The summed E-state index contributed by atoms with van der Waals surface area (Å²) in [4.78, 5) is 2.43. The van der Waals surface area contributed by atoms with Gasteiger partial charge in [0, 0.05) is 18.7 Å². The van der Waals surface area contributed by atoms with Crippen molar-refractivity contribution in [2.75, 3.05) is 20.3 Å². The van der Waals surface area contributed by atoms with Crippen LogP contribution in [0.3, 0.4) is 0 Å². The van der Waals surface area contributed by atoms with Gasteiger partial charge in [-0.3, -0.25) is 0 Å². The van der Waals surface area contributed by atoms with Gasteiger partial charge in [0.2, 0.25) is 0 Å². The Morgan fingerprint density at radius 3 is 2.47 bits per heavy atom. The molecule has 0 aromatic heterocycles. The fraction of sp³-hybridized carbons (Fsp3) is 1.00. The van der Waals surface area contributed by atoms with Gasteiger partial charge in [0.05, 0.1) is 17.7 Å². The molecule has 3 aliphatic heterocycles. The SMILES string of the molecule is CN1C2CCC1CC(O)(C1(N)CCCOC1)C2. The van der Waals surface area contributed by atoms with E-state index in [0.717, 1.165) is 32.3 Å². The van der Waals surface area contributed by atoms with Gasteiger partial charge in [-0.2, -0.15) is 0 Å². The molecule has 0 amide bonds. The van der Waals surface area contributed by atoms with E-state index in [-0.39, 0.29) is 0 Å².